The van der Waals surface area contributed by atoms with E-state index in [9.17, 15) is 14.7 Å². The second-order valence-electron chi connectivity index (χ2n) is 12.5. The van der Waals surface area contributed by atoms with E-state index in [1.807, 2.05) is 32.0 Å². The first-order valence-corrected chi connectivity index (χ1v) is 16.5. The van der Waals surface area contributed by atoms with Gasteiger partial charge in [0.25, 0.3) is 5.91 Å². The molecule has 10 nitrogen and oxygen atoms in total. The van der Waals surface area contributed by atoms with E-state index in [0.29, 0.717) is 48.1 Å². The summed E-state index contributed by atoms with van der Waals surface area (Å²) in [5.74, 6) is 0.809. The van der Waals surface area contributed by atoms with Gasteiger partial charge >= 0.3 is 6.03 Å². The molecule has 0 saturated carbocycles. The maximum Gasteiger partial charge on any atom is 0.323 e. The molecule has 10 heteroatoms. The predicted molar refractivity (Wildman–Crippen MR) is 185 cm³/mol. The number of amides is 3. The molecule has 1 aliphatic rings. The van der Waals surface area contributed by atoms with Crippen LogP contribution in [0.2, 0.25) is 0 Å². The Kier molecular flexibility index (Phi) is 13.5. The van der Waals surface area contributed by atoms with E-state index in [1.165, 1.54) is 5.56 Å². The van der Waals surface area contributed by atoms with E-state index in [2.05, 4.69) is 41.6 Å². The number of urea groups is 1. The molecule has 0 bridgehead atoms. The quantitative estimate of drug-likeness (QED) is 0.251. The van der Waals surface area contributed by atoms with Crippen molar-refractivity contribution in [1.82, 2.24) is 9.80 Å². The van der Waals surface area contributed by atoms with Crippen molar-refractivity contribution in [3.63, 3.8) is 0 Å². The number of fused-ring (bicyclic) bond motifs is 1. The van der Waals surface area contributed by atoms with Gasteiger partial charge in [0.2, 0.25) is 0 Å². The molecule has 254 valence electrons. The number of anilines is 2. The van der Waals surface area contributed by atoms with Gasteiger partial charge in [-0.25, -0.2) is 4.79 Å². The van der Waals surface area contributed by atoms with Gasteiger partial charge in [0, 0.05) is 43.5 Å². The van der Waals surface area contributed by atoms with E-state index >= 15 is 0 Å². The summed E-state index contributed by atoms with van der Waals surface area (Å²) >= 11 is 0. The lowest BCUT2D eigenvalue weighted by Crippen LogP contribution is -2.47. The Morgan fingerprint density at radius 3 is 2.45 bits per heavy atom. The molecule has 0 spiro atoms. The summed E-state index contributed by atoms with van der Waals surface area (Å²) in [4.78, 5) is 31.2. The van der Waals surface area contributed by atoms with E-state index < -0.39 is 12.1 Å². The van der Waals surface area contributed by atoms with Gasteiger partial charge in [-0.3, -0.25) is 9.69 Å². The number of nitrogens with zero attached hydrogens (tertiary/aromatic N) is 2. The van der Waals surface area contributed by atoms with Crippen LogP contribution in [0.15, 0.2) is 72.8 Å². The summed E-state index contributed by atoms with van der Waals surface area (Å²) in [5, 5.41) is 15.9. The zero-order chi connectivity index (χ0) is 33.8. The first-order chi connectivity index (χ1) is 22.7. The van der Waals surface area contributed by atoms with Crippen LogP contribution >= 0.6 is 0 Å². The average molecular weight is 647 g/mol. The molecule has 0 saturated heterocycles. The lowest BCUT2D eigenvalue weighted by Gasteiger charge is -2.36. The van der Waals surface area contributed by atoms with Crippen LogP contribution in [0, 0.1) is 5.92 Å². The molecule has 0 aliphatic carbocycles. The molecule has 3 N–H and O–H groups in total. The minimum atomic E-state index is -0.458. The monoisotopic (exact) mass is 646 g/mol. The molecule has 3 amide bonds. The fraction of sp³-hybridized carbons (Fsp3) is 0.459. The van der Waals surface area contributed by atoms with Crippen LogP contribution < -0.4 is 20.1 Å². The van der Waals surface area contributed by atoms with Crippen LogP contribution in [0.3, 0.4) is 0 Å². The minimum Gasteiger partial charge on any atom is -0.497 e. The molecule has 3 aromatic carbocycles. The Hall–Kier alpha value is -4.12. The van der Waals surface area contributed by atoms with Crippen molar-refractivity contribution in [2.75, 3.05) is 51.1 Å². The maximum absolute atomic E-state index is 14.4. The van der Waals surface area contributed by atoms with Crippen molar-refractivity contribution in [1.29, 1.82) is 0 Å². The van der Waals surface area contributed by atoms with Gasteiger partial charge in [0.15, 0.2) is 0 Å². The first-order valence-electron chi connectivity index (χ1n) is 16.5. The summed E-state index contributed by atoms with van der Waals surface area (Å²) in [6.07, 6.45) is 2.34. The largest absolute Gasteiger partial charge is 0.497 e. The second kappa shape index (κ2) is 17.7. The Labute approximate surface area is 279 Å². The number of hydrogen-bond donors (Lipinski definition) is 3. The van der Waals surface area contributed by atoms with Gasteiger partial charge in [0.05, 0.1) is 37.5 Å². The van der Waals surface area contributed by atoms with Crippen molar-refractivity contribution in [2.45, 2.75) is 64.8 Å². The topological polar surface area (TPSA) is 113 Å². The van der Waals surface area contributed by atoms with Gasteiger partial charge in [-0.2, -0.15) is 0 Å². The number of aliphatic hydroxyl groups is 1. The Morgan fingerprint density at radius 2 is 1.74 bits per heavy atom. The van der Waals surface area contributed by atoms with Crippen LogP contribution in [-0.2, 0) is 11.3 Å². The molecule has 0 aromatic heterocycles. The van der Waals surface area contributed by atoms with Crippen molar-refractivity contribution in [3.8, 4) is 11.5 Å². The molecule has 3 aromatic rings. The zero-order valence-corrected chi connectivity index (χ0v) is 28.3. The highest BCUT2D eigenvalue weighted by molar-refractivity contribution is 6.02. The fourth-order valence-electron chi connectivity index (χ4n) is 5.70. The maximum atomic E-state index is 14.4. The average Bonchev–Trinajstić information content (AvgIpc) is 3.06. The molecule has 0 fully saturated rings. The molecular formula is C37H50N4O6. The van der Waals surface area contributed by atoms with Crippen molar-refractivity contribution in [2.24, 2.45) is 5.92 Å². The number of carbonyl (C=O) groups excluding carboxylic acids is 2. The number of nitrogens with one attached hydrogen (secondary N) is 2. The molecule has 4 rings (SSSR count). The fourth-order valence-corrected chi connectivity index (χ4v) is 5.70. The summed E-state index contributed by atoms with van der Waals surface area (Å²) in [5.41, 5.74) is 2.58. The van der Waals surface area contributed by atoms with Crippen LogP contribution in [0.1, 0.15) is 56.0 Å². The SMILES string of the molecule is COc1ccc(NC(=O)Nc2ccc3c(c2)C(=O)N([C@@H](C)CO)C[C@H](C)[C@@H](CN(C)Cc2ccccc2)OCCCC[C@@H](C)O3)cc1. The van der Waals surface area contributed by atoms with Crippen molar-refractivity contribution < 1.29 is 28.9 Å². The predicted octanol–water partition coefficient (Wildman–Crippen LogP) is 6.27. The normalized spacial score (nSPS) is 20.0. The summed E-state index contributed by atoms with van der Waals surface area (Å²) in [6, 6.07) is 21.5. The highest BCUT2D eigenvalue weighted by Crippen LogP contribution is 2.29. The molecule has 0 radical (unpaired) electrons. The van der Waals surface area contributed by atoms with Crippen LogP contribution in [0.25, 0.3) is 0 Å². The Morgan fingerprint density at radius 1 is 1.04 bits per heavy atom. The second-order valence-corrected chi connectivity index (χ2v) is 12.5. The van der Waals surface area contributed by atoms with E-state index in [0.717, 1.165) is 25.8 Å². The number of methoxy groups -OCH3 is 1. The first kappa shape index (κ1) is 35.7. The number of ether oxygens (including phenoxy) is 3. The standard InChI is InChI=1S/C37H50N4O6/c1-26-22-41(27(2)25-42)36(43)33-21-31(39-37(44)38-30-14-17-32(45-5)18-15-30)16-19-34(33)47-28(3)11-9-10-20-46-35(26)24-40(4)23-29-12-7-6-8-13-29/h6-8,12-19,21,26-28,35,42H,9-11,20,22-25H2,1-5H3,(H2,38,39,44)/t26-,27-,28+,35+/m0/s1. The van der Waals surface area contributed by atoms with Crippen molar-refractivity contribution >= 4 is 23.3 Å². The van der Waals surface area contributed by atoms with Gasteiger partial charge in [-0.1, -0.05) is 37.3 Å². The number of hydrogen-bond acceptors (Lipinski definition) is 7. The molecule has 0 unspecified atom stereocenters. The van der Waals surface area contributed by atoms with Crippen LogP contribution in [0.4, 0.5) is 16.2 Å². The lowest BCUT2D eigenvalue weighted by molar-refractivity contribution is -0.0177. The van der Waals surface area contributed by atoms with E-state index in [-0.39, 0.29) is 30.6 Å². The van der Waals surface area contributed by atoms with Crippen LogP contribution in [0.5, 0.6) is 11.5 Å². The Bertz CT molecular complexity index is 1420. The Balaban J connectivity index is 1.57. The highest BCUT2D eigenvalue weighted by atomic mass is 16.5. The van der Waals surface area contributed by atoms with Crippen molar-refractivity contribution in [3.05, 3.63) is 83.9 Å². The molecule has 1 heterocycles. The third-order valence-corrected chi connectivity index (χ3v) is 8.44. The smallest absolute Gasteiger partial charge is 0.323 e. The number of benzene rings is 3. The third-order valence-electron chi connectivity index (χ3n) is 8.44. The number of likely N-dealkylation sites (N-methyl/N-ethyl adjacent to an activating group) is 1. The van der Waals surface area contributed by atoms with Crippen LogP contribution in [-0.4, -0.2) is 85.6 Å². The van der Waals surface area contributed by atoms with Gasteiger partial charge < -0.3 is 34.9 Å². The number of rotatable bonds is 9. The molecular weight excluding hydrogens is 596 g/mol. The summed E-state index contributed by atoms with van der Waals surface area (Å²) in [7, 11) is 3.67. The van der Waals surface area contributed by atoms with Gasteiger partial charge in [0.1, 0.15) is 11.5 Å². The minimum absolute atomic E-state index is 0.0333. The third kappa shape index (κ3) is 10.7. The highest BCUT2D eigenvalue weighted by Gasteiger charge is 2.30. The molecule has 4 atom stereocenters. The number of carbonyl (C=O) groups is 2. The van der Waals surface area contributed by atoms with Gasteiger partial charge in [-0.05, 0) is 88.2 Å². The van der Waals surface area contributed by atoms with Gasteiger partial charge in [-0.15, -0.1) is 0 Å². The summed E-state index contributed by atoms with van der Waals surface area (Å²) < 4.78 is 18.0. The zero-order valence-electron chi connectivity index (χ0n) is 28.3. The molecule has 47 heavy (non-hydrogen) atoms. The van der Waals surface area contributed by atoms with E-state index in [1.54, 1.807) is 54.5 Å². The lowest BCUT2D eigenvalue weighted by atomic mass is 10.0. The molecule has 1 aliphatic heterocycles. The summed E-state index contributed by atoms with van der Waals surface area (Å²) in [6.45, 7) is 8.19. The number of aliphatic hydroxyl groups excluding tert-OH is 1. The van der Waals surface area contributed by atoms with E-state index in [4.69, 9.17) is 14.2 Å².